The van der Waals surface area contributed by atoms with E-state index in [1.165, 1.54) is 33.2 Å². The van der Waals surface area contributed by atoms with Crippen molar-refractivity contribution >= 4 is 42.0 Å². The van der Waals surface area contributed by atoms with E-state index in [0.29, 0.717) is 6.54 Å². The van der Waals surface area contributed by atoms with Gasteiger partial charge in [-0.1, -0.05) is 0 Å². The molecule has 0 aromatic heterocycles. The Labute approximate surface area is 276 Å². The van der Waals surface area contributed by atoms with Gasteiger partial charge in [-0.05, 0) is 55.6 Å². The van der Waals surface area contributed by atoms with Gasteiger partial charge < -0.3 is 55.0 Å². The number of methoxy groups -OCH3 is 3. The van der Waals surface area contributed by atoms with E-state index in [1.54, 1.807) is 41.5 Å². The number of alkyl carbamates (subject to hydrolysis) is 2. The second-order valence-corrected chi connectivity index (χ2v) is 12.3. The Hall–Kier alpha value is -4.19. The molecule has 0 aromatic carbocycles. The van der Waals surface area contributed by atoms with Crippen molar-refractivity contribution in [2.45, 2.75) is 90.1 Å². The molecule has 3 amide bonds. The molecule has 3 atom stereocenters. The molecule has 0 aliphatic heterocycles. The molecule has 0 spiro atoms. The minimum absolute atomic E-state index is 0.127. The molecule has 274 valence electrons. The second-order valence-electron chi connectivity index (χ2n) is 12.3. The van der Waals surface area contributed by atoms with Gasteiger partial charge in [0.25, 0.3) is 0 Å². The monoisotopic (exact) mass is 681 g/mol. The molecule has 5 N–H and O–H groups in total. The predicted octanol–water partition coefficient (Wildman–Crippen LogP) is 0.497. The van der Waals surface area contributed by atoms with Gasteiger partial charge in [0.05, 0.1) is 40.6 Å². The fourth-order valence-corrected chi connectivity index (χ4v) is 2.94. The summed E-state index contributed by atoms with van der Waals surface area (Å²) in [6.07, 6.45) is -2.06. The van der Waals surface area contributed by atoms with Crippen LogP contribution in [-0.2, 0) is 47.7 Å². The van der Waals surface area contributed by atoms with E-state index >= 15 is 0 Å². The first-order valence-electron chi connectivity index (χ1n) is 14.3. The molecule has 0 bridgehead atoms. The highest BCUT2D eigenvalue weighted by molar-refractivity contribution is 5.89. The maximum atomic E-state index is 11.8. The van der Waals surface area contributed by atoms with E-state index in [4.69, 9.17) is 20.3 Å². The number of carboxylic acids is 1. The summed E-state index contributed by atoms with van der Waals surface area (Å²) >= 11 is 0. The predicted molar refractivity (Wildman–Crippen MR) is 169 cm³/mol. The van der Waals surface area contributed by atoms with Crippen LogP contribution in [0, 0.1) is 0 Å². The van der Waals surface area contributed by atoms with E-state index in [2.05, 4.69) is 24.8 Å². The number of rotatable bonds is 12. The lowest BCUT2D eigenvalue weighted by Crippen LogP contribution is -2.48. The lowest BCUT2D eigenvalue weighted by atomic mass is 10.2. The summed E-state index contributed by atoms with van der Waals surface area (Å²) in [6.45, 7) is 10.7. The van der Waals surface area contributed by atoms with Gasteiger partial charge in [0, 0.05) is 26.7 Å². The first-order valence-corrected chi connectivity index (χ1v) is 14.3. The zero-order valence-electron chi connectivity index (χ0n) is 29.9. The molecule has 47 heavy (non-hydrogen) atoms. The number of carbonyl (C=O) groups is 7. The number of carbonyl (C=O) groups excluding carboxylic acids is 6. The number of aliphatic carboxylic acids is 1. The molecule has 0 fully saturated rings. The third kappa shape index (κ3) is 29.0. The standard InChI is InChI=1S/C12H22N2O5.C10H17NO6.C7H16N2O2/c1-12(2,3)19-11(17)13-8(7-9(15)18-6)10(16)14(4)5;1-10(2,3)17-9(15)11-6(8(13)14)5-7(12)16-4;1-9(2)5-6(8)4-7(10)11-3/h8H,7H2,1-6H3,(H,13,17);6H,5H2,1-4H3,(H,11,15)(H,13,14);6H,4-5,8H2,1-3H3. The van der Waals surface area contributed by atoms with Gasteiger partial charge in [0.15, 0.2) is 0 Å². The third-order valence-electron chi connectivity index (χ3n) is 4.87. The van der Waals surface area contributed by atoms with Gasteiger partial charge in [-0.3, -0.25) is 19.2 Å². The van der Waals surface area contributed by atoms with Gasteiger partial charge in [0.1, 0.15) is 23.3 Å². The highest BCUT2D eigenvalue weighted by Crippen LogP contribution is 2.09. The normalized spacial score (nSPS) is 12.6. The van der Waals surface area contributed by atoms with Crippen molar-refractivity contribution in [2.24, 2.45) is 5.73 Å². The Kier molecular flexibility index (Phi) is 23.3. The van der Waals surface area contributed by atoms with Gasteiger partial charge in [-0.2, -0.15) is 0 Å². The molecule has 0 saturated heterocycles. The Bertz CT molecular complexity index is 1020. The average Bonchev–Trinajstić information content (AvgIpc) is 2.89. The number of ether oxygens (including phenoxy) is 5. The summed E-state index contributed by atoms with van der Waals surface area (Å²) in [5, 5.41) is 13.2. The quantitative estimate of drug-likeness (QED) is 0.162. The Morgan fingerprint density at radius 3 is 1.30 bits per heavy atom. The molecule has 0 aromatic rings. The summed E-state index contributed by atoms with van der Waals surface area (Å²) in [6, 6.07) is -2.49. The minimum atomic E-state index is -1.36. The highest BCUT2D eigenvalue weighted by Gasteiger charge is 2.28. The van der Waals surface area contributed by atoms with Crippen molar-refractivity contribution in [1.29, 1.82) is 0 Å². The van der Waals surface area contributed by atoms with Crippen LogP contribution in [0.5, 0.6) is 0 Å². The molecular weight excluding hydrogens is 626 g/mol. The zero-order valence-corrected chi connectivity index (χ0v) is 29.9. The Balaban J connectivity index is -0.000000640. The highest BCUT2D eigenvalue weighted by atomic mass is 16.6. The van der Waals surface area contributed by atoms with E-state index in [9.17, 15) is 33.6 Å². The lowest BCUT2D eigenvalue weighted by molar-refractivity contribution is -0.147. The van der Waals surface area contributed by atoms with Crippen molar-refractivity contribution in [3.63, 3.8) is 0 Å². The summed E-state index contributed by atoms with van der Waals surface area (Å²) in [5.41, 5.74) is 4.19. The van der Waals surface area contributed by atoms with Gasteiger partial charge in [-0.25, -0.2) is 14.4 Å². The average molecular weight is 682 g/mol. The number of amides is 3. The largest absolute Gasteiger partial charge is 0.480 e. The molecule has 0 aliphatic carbocycles. The molecule has 0 rings (SSSR count). The van der Waals surface area contributed by atoms with Crippen LogP contribution in [-0.4, -0.2) is 142 Å². The number of hydrogen-bond acceptors (Lipinski definition) is 14. The number of esters is 3. The van der Waals surface area contributed by atoms with Crippen LogP contribution in [0.25, 0.3) is 0 Å². The van der Waals surface area contributed by atoms with Crippen LogP contribution in [0.2, 0.25) is 0 Å². The van der Waals surface area contributed by atoms with E-state index in [1.807, 2.05) is 19.0 Å². The van der Waals surface area contributed by atoms with Crippen LogP contribution >= 0.6 is 0 Å². The Morgan fingerprint density at radius 2 is 1.00 bits per heavy atom. The summed E-state index contributed by atoms with van der Waals surface area (Å²) in [5.74, 6) is -3.30. The van der Waals surface area contributed by atoms with E-state index in [-0.39, 0.29) is 24.9 Å². The molecule has 18 heteroatoms. The van der Waals surface area contributed by atoms with Crippen LogP contribution < -0.4 is 16.4 Å². The topological polar surface area (TPSA) is 242 Å². The van der Waals surface area contributed by atoms with Crippen molar-refractivity contribution < 1.29 is 62.4 Å². The molecular formula is C29H55N5O13. The molecule has 0 aliphatic rings. The smallest absolute Gasteiger partial charge is 0.408 e. The van der Waals surface area contributed by atoms with Crippen LogP contribution in [0.15, 0.2) is 0 Å². The molecule has 18 nitrogen and oxygen atoms in total. The molecule has 0 radical (unpaired) electrons. The van der Waals surface area contributed by atoms with Crippen molar-refractivity contribution in [2.75, 3.05) is 56.1 Å². The third-order valence-corrected chi connectivity index (χ3v) is 4.87. The van der Waals surface area contributed by atoms with Gasteiger partial charge >= 0.3 is 36.1 Å². The maximum Gasteiger partial charge on any atom is 0.408 e. The number of carboxylic acid groups (broad SMARTS) is 1. The molecule has 0 heterocycles. The van der Waals surface area contributed by atoms with Gasteiger partial charge in [-0.15, -0.1) is 0 Å². The molecule has 3 unspecified atom stereocenters. The van der Waals surface area contributed by atoms with Crippen LogP contribution in [0.1, 0.15) is 60.8 Å². The molecule has 0 saturated carbocycles. The number of nitrogens with one attached hydrogen (secondary N) is 2. The van der Waals surface area contributed by atoms with Crippen LogP contribution in [0.3, 0.4) is 0 Å². The van der Waals surface area contributed by atoms with Gasteiger partial charge in [0.2, 0.25) is 5.91 Å². The number of hydrogen-bond donors (Lipinski definition) is 4. The Morgan fingerprint density at radius 1 is 0.660 bits per heavy atom. The summed E-state index contributed by atoms with van der Waals surface area (Å²) in [7, 11) is 10.6. The second kappa shape index (κ2) is 23.2. The fourth-order valence-electron chi connectivity index (χ4n) is 2.94. The fraction of sp³-hybridized carbons (Fsp3) is 0.759. The number of likely N-dealkylation sites (N-methyl/N-ethyl adjacent to an activating group) is 2. The van der Waals surface area contributed by atoms with E-state index in [0.717, 1.165) is 7.11 Å². The van der Waals surface area contributed by atoms with Crippen molar-refractivity contribution in [1.82, 2.24) is 20.4 Å². The van der Waals surface area contributed by atoms with Crippen LogP contribution in [0.4, 0.5) is 9.59 Å². The van der Waals surface area contributed by atoms with E-state index < -0.39 is 65.7 Å². The number of nitrogens with zero attached hydrogens (tertiary/aromatic N) is 2. The lowest BCUT2D eigenvalue weighted by Gasteiger charge is -2.24. The number of nitrogens with two attached hydrogens (primary N) is 1. The van der Waals surface area contributed by atoms with Crippen molar-refractivity contribution in [3.8, 4) is 0 Å². The minimum Gasteiger partial charge on any atom is -0.480 e. The zero-order chi connectivity index (χ0) is 37.7. The SMILES string of the molecule is COC(=O)CC(N)CN(C)C.COC(=O)CC(NC(=O)OC(C)(C)C)C(=O)N(C)C.COC(=O)CC(NC(=O)OC(C)(C)C)C(=O)O. The van der Waals surface area contributed by atoms with Crippen molar-refractivity contribution in [3.05, 3.63) is 0 Å². The maximum absolute atomic E-state index is 11.8. The first kappa shape index (κ1) is 47.2. The first-order chi connectivity index (χ1) is 21.3. The summed E-state index contributed by atoms with van der Waals surface area (Å²) < 4.78 is 23.2. The summed E-state index contributed by atoms with van der Waals surface area (Å²) in [4.78, 5) is 81.6.